The number of nitrogen functional groups attached to an aromatic ring is 1. The normalized spacial score (nSPS) is 11.4. The van der Waals surface area contributed by atoms with Crippen LogP contribution in [0.1, 0.15) is 16.7 Å². The highest BCUT2D eigenvalue weighted by Gasteiger charge is 2.27. The standard InChI is InChI=1S/C22H20N4O4/c1-27-14-6-4-13(5-7-14)25-20-15-8-12-9-18(28-2)19(29-3)10-17(12)30-22(15)26-21(24)16(20)11-23/h4-7,9-10H,8H2,1-3H3,(H3,24,25,26). The quantitative estimate of drug-likeness (QED) is 0.513. The third kappa shape index (κ3) is 3.26. The number of ether oxygens (including phenoxy) is 4. The van der Waals surface area contributed by atoms with E-state index in [9.17, 15) is 5.26 Å². The highest BCUT2D eigenvalue weighted by Crippen LogP contribution is 2.45. The lowest BCUT2D eigenvalue weighted by Gasteiger charge is -2.24. The van der Waals surface area contributed by atoms with Gasteiger partial charge in [-0.1, -0.05) is 0 Å². The van der Waals surface area contributed by atoms with Gasteiger partial charge in [0.05, 0.1) is 27.0 Å². The number of anilines is 3. The molecule has 4 rings (SSSR count). The maximum absolute atomic E-state index is 9.70. The first-order chi connectivity index (χ1) is 14.6. The van der Waals surface area contributed by atoms with Crippen LogP contribution in [0, 0.1) is 11.3 Å². The van der Waals surface area contributed by atoms with Crippen LogP contribution in [-0.2, 0) is 6.42 Å². The summed E-state index contributed by atoms with van der Waals surface area (Å²) in [4.78, 5) is 4.31. The molecule has 8 nitrogen and oxygen atoms in total. The van der Waals surface area contributed by atoms with Crippen LogP contribution < -0.4 is 30.0 Å². The van der Waals surface area contributed by atoms with Gasteiger partial charge < -0.3 is 30.0 Å². The minimum atomic E-state index is 0.0937. The number of pyridine rings is 1. The van der Waals surface area contributed by atoms with E-state index in [4.69, 9.17) is 24.7 Å². The molecule has 8 heteroatoms. The van der Waals surface area contributed by atoms with Crippen molar-refractivity contribution < 1.29 is 18.9 Å². The third-order valence-electron chi connectivity index (χ3n) is 4.90. The number of methoxy groups -OCH3 is 3. The minimum Gasteiger partial charge on any atom is -0.497 e. The second kappa shape index (κ2) is 7.72. The van der Waals surface area contributed by atoms with E-state index in [1.54, 1.807) is 27.4 Å². The Morgan fingerprint density at radius 2 is 1.77 bits per heavy atom. The summed E-state index contributed by atoms with van der Waals surface area (Å²) in [5, 5.41) is 13.0. The van der Waals surface area contributed by atoms with Gasteiger partial charge in [-0.15, -0.1) is 0 Å². The van der Waals surface area contributed by atoms with Crippen LogP contribution in [-0.4, -0.2) is 26.3 Å². The maximum atomic E-state index is 9.70. The van der Waals surface area contributed by atoms with Crippen LogP contribution in [0.4, 0.5) is 17.2 Å². The monoisotopic (exact) mass is 404 g/mol. The van der Waals surface area contributed by atoms with Crippen LogP contribution in [0.3, 0.4) is 0 Å². The third-order valence-corrected chi connectivity index (χ3v) is 4.90. The van der Waals surface area contributed by atoms with Gasteiger partial charge >= 0.3 is 0 Å². The van der Waals surface area contributed by atoms with E-state index >= 15 is 0 Å². The summed E-state index contributed by atoms with van der Waals surface area (Å²) in [7, 11) is 4.75. The first-order valence-electron chi connectivity index (χ1n) is 9.14. The molecule has 152 valence electrons. The summed E-state index contributed by atoms with van der Waals surface area (Å²) >= 11 is 0. The van der Waals surface area contributed by atoms with Gasteiger partial charge in [0.1, 0.15) is 28.9 Å². The Labute approximate surface area is 173 Å². The molecule has 0 aliphatic carbocycles. The number of nitriles is 1. The van der Waals surface area contributed by atoms with Crippen molar-refractivity contribution in [1.82, 2.24) is 4.98 Å². The van der Waals surface area contributed by atoms with Crippen molar-refractivity contribution in [3.05, 3.63) is 53.1 Å². The molecule has 30 heavy (non-hydrogen) atoms. The number of nitrogens with one attached hydrogen (secondary N) is 1. The highest BCUT2D eigenvalue weighted by molar-refractivity contribution is 5.78. The molecule has 0 saturated heterocycles. The Hall–Kier alpha value is -4.12. The summed E-state index contributed by atoms with van der Waals surface area (Å²) in [6.45, 7) is 0. The molecule has 0 bridgehead atoms. The van der Waals surface area contributed by atoms with E-state index in [1.807, 2.05) is 30.3 Å². The number of nitrogens with zero attached hydrogens (tertiary/aromatic N) is 2. The first-order valence-corrected chi connectivity index (χ1v) is 9.14. The minimum absolute atomic E-state index is 0.0937. The molecule has 0 atom stereocenters. The molecule has 0 unspecified atom stereocenters. The van der Waals surface area contributed by atoms with E-state index in [0.717, 1.165) is 22.6 Å². The van der Waals surface area contributed by atoms with E-state index in [1.165, 1.54) is 0 Å². The molecule has 0 spiro atoms. The van der Waals surface area contributed by atoms with Gasteiger partial charge in [-0.2, -0.15) is 10.2 Å². The highest BCUT2D eigenvalue weighted by atomic mass is 16.5. The van der Waals surface area contributed by atoms with Crippen molar-refractivity contribution in [3.63, 3.8) is 0 Å². The summed E-state index contributed by atoms with van der Waals surface area (Å²) in [6.07, 6.45) is 0.478. The molecule has 1 aliphatic rings. The molecule has 3 N–H and O–H groups in total. The maximum Gasteiger partial charge on any atom is 0.226 e. The Morgan fingerprint density at radius 3 is 2.40 bits per heavy atom. The second-order valence-corrected chi connectivity index (χ2v) is 6.59. The number of benzene rings is 2. The zero-order valence-corrected chi connectivity index (χ0v) is 16.8. The molecule has 0 amide bonds. The lowest BCUT2D eigenvalue weighted by atomic mass is 9.98. The predicted molar refractivity (Wildman–Crippen MR) is 112 cm³/mol. The summed E-state index contributed by atoms with van der Waals surface area (Å²) < 4.78 is 22.0. The fraction of sp³-hybridized carbons (Fsp3) is 0.182. The van der Waals surface area contributed by atoms with Gasteiger partial charge in [0, 0.05) is 29.3 Å². The Balaban J connectivity index is 1.80. The average molecular weight is 404 g/mol. The van der Waals surface area contributed by atoms with Gasteiger partial charge in [-0.25, -0.2) is 0 Å². The van der Waals surface area contributed by atoms with Crippen molar-refractivity contribution >= 4 is 17.2 Å². The molecular weight excluding hydrogens is 384 g/mol. The number of aromatic nitrogens is 1. The van der Waals surface area contributed by atoms with Crippen LogP contribution in [0.15, 0.2) is 36.4 Å². The SMILES string of the molecule is COc1ccc(Nc2c(C#N)c(N)nc3c2Cc2cc(OC)c(OC)cc2O3)cc1. The van der Waals surface area contributed by atoms with Gasteiger partial charge in [0.15, 0.2) is 11.5 Å². The zero-order chi connectivity index (χ0) is 21.3. The van der Waals surface area contributed by atoms with Crippen molar-refractivity contribution in [2.45, 2.75) is 6.42 Å². The zero-order valence-electron chi connectivity index (χ0n) is 16.8. The molecule has 0 saturated carbocycles. The summed E-state index contributed by atoms with van der Waals surface area (Å²) in [5.74, 6) is 2.93. The number of hydrogen-bond donors (Lipinski definition) is 2. The lowest BCUT2D eigenvalue weighted by molar-refractivity contribution is 0.349. The predicted octanol–water partition coefficient (Wildman–Crippen LogP) is 4.00. The van der Waals surface area contributed by atoms with Gasteiger partial charge in [0.25, 0.3) is 0 Å². The lowest BCUT2D eigenvalue weighted by Crippen LogP contribution is -2.12. The summed E-state index contributed by atoms with van der Waals surface area (Å²) in [5.41, 5.74) is 9.27. The number of hydrogen-bond acceptors (Lipinski definition) is 8. The first kappa shape index (κ1) is 19.2. The smallest absolute Gasteiger partial charge is 0.226 e. The van der Waals surface area contributed by atoms with Crippen LogP contribution in [0.25, 0.3) is 0 Å². The molecular formula is C22H20N4O4. The van der Waals surface area contributed by atoms with Crippen LogP contribution >= 0.6 is 0 Å². The molecule has 0 fully saturated rings. The van der Waals surface area contributed by atoms with Gasteiger partial charge in [0.2, 0.25) is 5.88 Å². The molecule has 0 radical (unpaired) electrons. The fourth-order valence-electron chi connectivity index (χ4n) is 3.37. The topological polar surface area (TPSA) is 112 Å². The molecule has 1 aliphatic heterocycles. The Bertz CT molecular complexity index is 1150. The fourth-order valence-corrected chi connectivity index (χ4v) is 3.37. The number of nitrogens with two attached hydrogens (primary N) is 1. The summed E-state index contributed by atoms with van der Waals surface area (Å²) in [6, 6.07) is 13.1. The van der Waals surface area contributed by atoms with E-state index in [2.05, 4.69) is 16.4 Å². The van der Waals surface area contributed by atoms with Crippen molar-refractivity contribution in [3.8, 4) is 34.9 Å². The van der Waals surface area contributed by atoms with Gasteiger partial charge in [-0.05, 0) is 30.3 Å². The number of rotatable bonds is 5. The van der Waals surface area contributed by atoms with Crippen molar-refractivity contribution in [2.24, 2.45) is 0 Å². The van der Waals surface area contributed by atoms with Gasteiger partial charge in [-0.3, -0.25) is 0 Å². The Kier molecular flexibility index (Phi) is 4.94. The largest absolute Gasteiger partial charge is 0.497 e. The second-order valence-electron chi connectivity index (χ2n) is 6.59. The van der Waals surface area contributed by atoms with Crippen LogP contribution in [0.5, 0.6) is 28.9 Å². The number of fused-ring (bicyclic) bond motifs is 2. The molecule has 1 aromatic heterocycles. The van der Waals surface area contributed by atoms with Crippen LogP contribution in [0.2, 0.25) is 0 Å². The van der Waals surface area contributed by atoms with E-state index in [-0.39, 0.29) is 11.4 Å². The Morgan fingerprint density at radius 1 is 1.07 bits per heavy atom. The van der Waals surface area contributed by atoms with Crippen molar-refractivity contribution in [1.29, 1.82) is 5.26 Å². The molecule has 2 aromatic carbocycles. The van der Waals surface area contributed by atoms with E-state index in [0.29, 0.717) is 35.2 Å². The molecule has 2 heterocycles. The average Bonchev–Trinajstić information content (AvgIpc) is 2.77. The van der Waals surface area contributed by atoms with Crippen molar-refractivity contribution in [2.75, 3.05) is 32.4 Å². The van der Waals surface area contributed by atoms with E-state index < -0.39 is 0 Å². The molecule has 3 aromatic rings.